The lowest BCUT2D eigenvalue weighted by Gasteiger charge is -2.37. The summed E-state index contributed by atoms with van der Waals surface area (Å²) in [6.07, 6.45) is 3.01. The molecule has 0 aromatic carbocycles. The monoisotopic (exact) mass is 167 g/mol. The Kier molecular flexibility index (Phi) is 1.91. The maximum Gasteiger partial charge on any atom is 0.147 e. The summed E-state index contributed by atoms with van der Waals surface area (Å²) in [4.78, 5) is 13.0. The minimum Gasteiger partial charge on any atom is -0.298 e. The van der Waals surface area contributed by atoms with Crippen LogP contribution >= 0.6 is 0 Å². The standard InChI is InChI=1S/C10H17NO/c1-9(2)6-8(7-12)10(3,4)11(9)5/h6-7H,1-5H3. The van der Waals surface area contributed by atoms with Crippen LogP contribution in [0.1, 0.15) is 27.7 Å². The van der Waals surface area contributed by atoms with E-state index >= 15 is 0 Å². The maximum atomic E-state index is 10.8. The van der Waals surface area contributed by atoms with Crippen LogP contribution in [0.2, 0.25) is 0 Å². The van der Waals surface area contributed by atoms with E-state index in [-0.39, 0.29) is 11.1 Å². The molecule has 2 heteroatoms. The van der Waals surface area contributed by atoms with Gasteiger partial charge in [0.05, 0.1) is 0 Å². The molecule has 0 N–H and O–H groups in total. The SMILES string of the molecule is CN1C(C)(C)C=C(C=O)C1(C)C. The number of carbonyl (C=O) groups excluding carboxylic acids is 1. The van der Waals surface area contributed by atoms with Gasteiger partial charge >= 0.3 is 0 Å². The Morgan fingerprint density at radius 3 is 2.00 bits per heavy atom. The fourth-order valence-electron chi connectivity index (χ4n) is 1.75. The molecule has 1 heterocycles. The second kappa shape index (κ2) is 2.43. The summed E-state index contributed by atoms with van der Waals surface area (Å²) in [6, 6.07) is 0. The van der Waals surface area contributed by atoms with E-state index in [4.69, 9.17) is 0 Å². The lowest BCUT2D eigenvalue weighted by atomic mass is 9.97. The molecule has 0 spiro atoms. The summed E-state index contributed by atoms with van der Waals surface area (Å²) in [6.45, 7) is 8.38. The third-order valence-corrected chi connectivity index (χ3v) is 3.05. The van der Waals surface area contributed by atoms with Crippen molar-refractivity contribution in [1.82, 2.24) is 4.90 Å². The lowest BCUT2D eigenvalue weighted by molar-refractivity contribution is -0.105. The quantitative estimate of drug-likeness (QED) is 0.553. The third-order valence-electron chi connectivity index (χ3n) is 3.05. The Balaban J connectivity index is 3.12. The number of aldehydes is 1. The second-order valence-corrected chi connectivity index (χ2v) is 4.49. The maximum absolute atomic E-state index is 10.8. The molecular formula is C10H17NO. The number of nitrogens with zero attached hydrogens (tertiary/aromatic N) is 1. The van der Waals surface area contributed by atoms with Gasteiger partial charge in [-0.05, 0) is 34.7 Å². The van der Waals surface area contributed by atoms with E-state index in [2.05, 4.69) is 32.6 Å². The van der Waals surface area contributed by atoms with Gasteiger partial charge in [0.1, 0.15) is 6.29 Å². The van der Waals surface area contributed by atoms with Gasteiger partial charge in [-0.1, -0.05) is 6.08 Å². The first-order valence-corrected chi connectivity index (χ1v) is 4.25. The fourth-order valence-corrected chi connectivity index (χ4v) is 1.75. The Bertz CT molecular complexity index is 238. The summed E-state index contributed by atoms with van der Waals surface area (Å²) in [5.41, 5.74) is 0.764. The number of hydrogen-bond donors (Lipinski definition) is 0. The predicted octanol–water partition coefficient (Wildman–Crippen LogP) is 1.61. The van der Waals surface area contributed by atoms with Gasteiger partial charge in [0.25, 0.3) is 0 Å². The molecule has 2 nitrogen and oxygen atoms in total. The molecular weight excluding hydrogens is 150 g/mol. The summed E-state index contributed by atoms with van der Waals surface area (Å²) in [7, 11) is 2.05. The van der Waals surface area contributed by atoms with Crippen LogP contribution in [0.4, 0.5) is 0 Å². The molecule has 0 saturated heterocycles. The topological polar surface area (TPSA) is 20.3 Å². The van der Waals surface area contributed by atoms with Crippen LogP contribution in [-0.4, -0.2) is 29.3 Å². The highest BCUT2D eigenvalue weighted by atomic mass is 16.1. The van der Waals surface area contributed by atoms with Crippen LogP contribution in [0.5, 0.6) is 0 Å². The van der Waals surface area contributed by atoms with E-state index < -0.39 is 0 Å². The van der Waals surface area contributed by atoms with Gasteiger partial charge in [0, 0.05) is 16.7 Å². The van der Waals surface area contributed by atoms with Crippen LogP contribution in [0, 0.1) is 0 Å². The summed E-state index contributed by atoms with van der Waals surface area (Å²) >= 11 is 0. The zero-order valence-electron chi connectivity index (χ0n) is 8.51. The van der Waals surface area contributed by atoms with E-state index in [1.165, 1.54) is 0 Å². The van der Waals surface area contributed by atoms with Gasteiger partial charge in [-0.15, -0.1) is 0 Å². The fraction of sp³-hybridized carbons (Fsp3) is 0.700. The molecule has 0 unspecified atom stereocenters. The van der Waals surface area contributed by atoms with Crippen molar-refractivity contribution in [2.75, 3.05) is 7.05 Å². The van der Waals surface area contributed by atoms with Gasteiger partial charge in [0.2, 0.25) is 0 Å². The summed E-state index contributed by atoms with van der Waals surface area (Å²) in [5.74, 6) is 0. The molecule has 0 saturated carbocycles. The van der Waals surface area contributed by atoms with E-state index in [0.29, 0.717) is 0 Å². The molecule has 68 valence electrons. The zero-order valence-corrected chi connectivity index (χ0v) is 8.51. The molecule has 0 bridgehead atoms. The number of rotatable bonds is 1. The first-order valence-electron chi connectivity index (χ1n) is 4.25. The summed E-state index contributed by atoms with van der Waals surface area (Å²) < 4.78 is 0. The van der Waals surface area contributed by atoms with E-state index in [1.54, 1.807) is 0 Å². The first kappa shape index (κ1) is 9.46. The van der Waals surface area contributed by atoms with Crippen molar-refractivity contribution in [2.24, 2.45) is 0 Å². The van der Waals surface area contributed by atoms with E-state index in [9.17, 15) is 4.79 Å². The average Bonchev–Trinajstić information content (AvgIpc) is 2.11. The molecule has 1 aliphatic rings. The van der Waals surface area contributed by atoms with E-state index in [1.807, 2.05) is 13.1 Å². The van der Waals surface area contributed by atoms with Crippen molar-refractivity contribution in [2.45, 2.75) is 38.8 Å². The predicted molar refractivity (Wildman–Crippen MR) is 50.1 cm³/mol. The molecule has 1 rings (SSSR count). The Hall–Kier alpha value is -0.630. The van der Waals surface area contributed by atoms with Gasteiger partial charge in [-0.3, -0.25) is 9.69 Å². The van der Waals surface area contributed by atoms with Crippen molar-refractivity contribution >= 4 is 6.29 Å². The number of likely N-dealkylation sites (N-methyl/N-ethyl adjacent to an activating group) is 1. The minimum atomic E-state index is -0.120. The van der Waals surface area contributed by atoms with Crippen LogP contribution in [0.25, 0.3) is 0 Å². The highest BCUT2D eigenvalue weighted by molar-refractivity contribution is 5.78. The normalized spacial score (nSPS) is 26.9. The molecule has 0 radical (unpaired) electrons. The average molecular weight is 167 g/mol. The van der Waals surface area contributed by atoms with Crippen LogP contribution < -0.4 is 0 Å². The minimum absolute atomic E-state index is 0.000255. The van der Waals surface area contributed by atoms with Crippen molar-refractivity contribution in [3.63, 3.8) is 0 Å². The second-order valence-electron chi connectivity index (χ2n) is 4.49. The van der Waals surface area contributed by atoms with Crippen LogP contribution in [-0.2, 0) is 4.79 Å². The molecule has 12 heavy (non-hydrogen) atoms. The van der Waals surface area contributed by atoms with Gasteiger partial charge in [-0.2, -0.15) is 0 Å². The van der Waals surface area contributed by atoms with Crippen LogP contribution in [0.3, 0.4) is 0 Å². The number of carbonyl (C=O) groups is 1. The summed E-state index contributed by atoms with van der Waals surface area (Å²) in [5, 5.41) is 0. The zero-order chi connectivity index (χ0) is 9.57. The molecule has 0 fully saturated rings. The highest BCUT2D eigenvalue weighted by Gasteiger charge is 2.42. The Morgan fingerprint density at radius 1 is 1.33 bits per heavy atom. The van der Waals surface area contributed by atoms with Crippen molar-refractivity contribution in [1.29, 1.82) is 0 Å². The highest BCUT2D eigenvalue weighted by Crippen LogP contribution is 2.37. The van der Waals surface area contributed by atoms with Crippen LogP contribution in [0.15, 0.2) is 11.6 Å². The third kappa shape index (κ3) is 1.11. The van der Waals surface area contributed by atoms with Gasteiger partial charge in [-0.25, -0.2) is 0 Å². The van der Waals surface area contributed by atoms with Crippen molar-refractivity contribution < 1.29 is 4.79 Å². The van der Waals surface area contributed by atoms with E-state index in [0.717, 1.165) is 11.9 Å². The smallest absolute Gasteiger partial charge is 0.147 e. The Morgan fingerprint density at radius 2 is 1.83 bits per heavy atom. The lowest BCUT2D eigenvalue weighted by Crippen LogP contribution is -2.47. The molecule has 0 aromatic rings. The molecule has 1 aliphatic heterocycles. The van der Waals surface area contributed by atoms with Crippen molar-refractivity contribution in [3.05, 3.63) is 11.6 Å². The van der Waals surface area contributed by atoms with Gasteiger partial charge < -0.3 is 0 Å². The van der Waals surface area contributed by atoms with Gasteiger partial charge in [0.15, 0.2) is 0 Å². The first-order chi connectivity index (χ1) is 5.32. The largest absolute Gasteiger partial charge is 0.298 e. The Labute approximate surface area is 74.2 Å². The molecule has 0 aromatic heterocycles. The molecule has 0 atom stereocenters. The number of hydrogen-bond acceptors (Lipinski definition) is 2. The molecule has 0 amide bonds. The molecule has 0 aliphatic carbocycles. The van der Waals surface area contributed by atoms with Crippen molar-refractivity contribution in [3.8, 4) is 0 Å².